The Morgan fingerprint density at radius 2 is 1.81 bits per heavy atom. The van der Waals surface area contributed by atoms with Gasteiger partial charge in [0.1, 0.15) is 11.4 Å². The number of anilines is 1. The number of rotatable bonds is 8. The summed E-state index contributed by atoms with van der Waals surface area (Å²) >= 11 is 7.40. The van der Waals surface area contributed by atoms with Crippen molar-refractivity contribution in [1.29, 1.82) is 0 Å². The lowest BCUT2D eigenvalue weighted by Crippen LogP contribution is -2.27. The minimum atomic E-state index is -0.589. The molecule has 1 unspecified atom stereocenters. The van der Waals surface area contributed by atoms with E-state index < -0.39 is 17.8 Å². The average Bonchev–Trinajstić information content (AvgIpc) is 3.18. The van der Waals surface area contributed by atoms with E-state index >= 15 is 0 Å². The maximum absolute atomic E-state index is 12.1. The van der Waals surface area contributed by atoms with E-state index in [0.717, 1.165) is 22.6 Å². The number of amides is 1. The number of hydrogen-bond acceptors (Lipinski definition) is 6. The summed E-state index contributed by atoms with van der Waals surface area (Å²) in [5, 5.41) is 3.76. The third-order valence-electron chi connectivity index (χ3n) is 4.33. The van der Waals surface area contributed by atoms with E-state index in [9.17, 15) is 4.79 Å². The summed E-state index contributed by atoms with van der Waals surface area (Å²) in [5.74, 6) is 0.723. The van der Waals surface area contributed by atoms with Crippen LogP contribution in [0, 0.1) is 0 Å². The van der Waals surface area contributed by atoms with Gasteiger partial charge in [-0.3, -0.25) is 5.32 Å². The molecule has 3 rings (SSSR count). The van der Waals surface area contributed by atoms with Gasteiger partial charge in [0, 0.05) is 18.3 Å². The Morgan fingerprint density at radius 1 is 1.12 bits per heavy atom. The summed E-state index contributed by atoms with van der Waals surface area (Å²) in [6.07, 6.45) is 1.58. The number of thiazole rings is 1. The number of methoxy groups -OCH3 is 1. The molecule has 170 valence electrons. The number of carbonyl (C=O) groups is 1. The van der Waals surface area contributed by atoms with E-state index in [1.54, 1.807) is 13.3 Å². The van der Waals surface area contributed by atoms with Gasteiger partial charge in [-0.15, -0.1) is 0 Å². The van der Waals surface area contributed by atoms with Crippen LogP contribution in [0.1, 0.15) is 42.9 Å². The number of benzene rings is 2. The second kappa shape index (κ2) is 10.8. The molecule has 0 bridgehead atoms. The van der Waals surface area contributed by atoms with Crippen LogP contribution < -0.4 is 10.1 Å². The third kappa shape index (κ3) is 7.22. The van der Waals surface area contributed by atoms with Crippen molar-refractivity contribution in [1.82, 2.24) is 4.98 Å². The first-order valence-corrected chi connectivity index (χ1v) is 11.4. The first-order chi connectivity index (χ1) is 15.2. The van der Waals surface area contributed by atoms with Crippen molar-refractivity contribution in [2.75, 3.05) is 19.0 Å². The van der Waals surface area contributed by atoms with Crippen LogP contribution in [0.3, 0.4) is 0 Å². The second-order valence-corrected chi connectivity index (χ2v) is 9.63. The third-order valence-corrected chi connectivity index (χ3v) is 5.54. The zero-order valence-electron chi connectivity index (χ0n) is 18.6. The number of ether oxygens (including phenoxy) is 3. The van der Waals surface area contributed by atoms with E-state index in [0.29, 0.717) is 16.8 Å². The van der Waals surface area contributed by atoms with Crippen molar-refractivity contribution >= 4 is 34.2 Å². The van der Waals surface area contributed by atoms with Gasteiger partial charge in [0.15, 0.2) is 11.2 Å². The van der Waals surface area contributed by atoms with E-state index in [2.05, 4.69) is 10.3 Å². The number of hydrogen-bond donors (Lipinski definition) is 1. The van der Waals surface area contributed by atoms with Gasteiger partial charge in [0.25, 0.3) is 0 Å². The molecule has 2 aromatic carbocycles. The van der Waals surface area contributed by atoms with E-state index in [4.69, 9.17) is 25.8 Å². The topological polar surface area (TPSA) is 69.7 Å². The lowest BCUT2D eigenvalue weighted by Gasteiger charge is -2.19. The van der Waals surface area contributed by atoms with Crippen molar-refractivity contribution < 1.29 is 19.0 Å². The summed E-state index contributed by atoms with van der Waals surface area (Å²) in [5.41, 5.74) is 1.50. The fourth-order valence-corrected chi connectivity index (χ4v) is 3.86. The van der Waals surface area contributed by atoms with Crippen LogP contribution >= 0.6 is 22.9 Å². The second-order valence-electron chi connectivity index (χ2n) is 8.13. The SMILES string of the molecule is COCCc1ccc(OC(c2ccc(Cl)cc2)c2cnc(NC(=O)OC(C)(C)C)s2)cc1. The summed E-state index contributed by atoms with van der Waals surface area (Å²) in [6.45, 7) is 6.10. The van der Waals surface area contributed by atoms with Crippen LogP contribution in [-0.2, 0) is 15.9 Å². The van der Waals surface area contributed by atoms with Crippen LogP contribution in [0.5, 0.6) is 5.75 Å². The molecule has 0 aliphatic rings. The number of aromatic nitrogens is 1. The molecule has 0 spiro atoms. The van der Waals surface area contributed by atoms with Crippen molar-refractivity contribution in [3.8, 4) is 5.75 Å². The van der Waals surface area contributed by atoms with Crippen LogP contribution in [0.4, 0.5) is 9.93 Å². The molecule has 1 aromatic heterocycles. The lowest BCUT2D eigenvalue weighted by atomic mass is 10.1. The van der Waals surface area contributed by atoms with Gasteiger partial charge < -0.3 is 14.2 Å². The maximum atomic E-state index is 12.1. The smallest absolute Gasteiger partial charge is 0.413 e. The maximum Gasteiger partial charge on any atom is 0.413 e. The Balaban J connectivity index is 1.80. The predicted molar refractivity (Wildman–Crippen MR) is 128 cm³/mol. The van der Waals surface area contributed by atoms with Gasteiger partial charge in [-0.1, -0.05) is 47.2 Å². The van der Waals surface area contributed by atoms with E-state index in [-0.39, 0.29) is 0 Å². The predicted octanol–water partition coefficient (Wildman–Crippen LogP) is 6.50. The normalized spacial score (nSPS) is 12.3. The first-order valence-electron chi connectivity index (χ1n) is 10.2. The number of nitrogens with one attached hydrogen (secondary N) is 1. The number of carbonyl (C=O) groups excluding carboxylic acids is 1. The fourth-order valence-electron chi connectivity index (χ4n) is 2.88. The molecular weight excluding hydrogens is 448 g/mol. The number of nitrogens with zero attached hydrogens (tertiary/aromatic N) is 1. The minimum absolute atomic E-state index is 0.413. The van der Waals surface area contributed by atoms with Crippen LogP contribution in [-0.4, -0.2) is 30.4 Å². The first kappa shape index (κ1) is 24.0. The Bertz CT molecular complexity index is 1010. The van der Waals surface area contributed by atoms with E-state index in [1.165, 1.54) is 16.9 Å². The molecular formula is C24H27ClN2O4S. The summed E-state index contributed by atoms with van der Waals surface area (Å²) in [6, 6.07) is 15.4. The van der Waals surface area contributed by atoms with Crippen molar-refractivity contribution in [2.45, 2.75) is 38.9 Å². The molecule has 0 aliphatic heterocycles. The molecule has 0 aliphatic carbocycles. The Hall–Kier alpha value is -2.61. The van der Waals surface area contributed by atoms with Crippen molar-refractivity contribution in [2.24, 2.45) is 0 Å². The molecule has 1 amide bonds. The molecule has 0 saturated carbocycles. The summed E-state index contributed by atoms with van der Waals surface area (Å²) < 4.78 is 16.8. The molecule has 1 N–H and O–H groups in total. The molecule has 0 fully saturated rings. The molecule has 1 heterocycles. The monoisotopic (exact) mass is 474 g/mol. The largest absolute Gasteiger partial charge is 0.480 e. The standard InChI is InChI=1S/C24H27ClN2O4S/c1-24(2,3)31-23(28)27-22-26-15-20(32-22)21(17-7-9-18(25)10-8-17)30-19-11-5-16(6-12-19)13-14-29-4/h5-12,15,21H,13-14H2,1-4H3,(H,26,27,28). The van der Waals surface area contributed by atoms with Crippen LogP contribution in [0.2, 0.25) is 5.02 Å². The molecule has 0 saturated heterocycles. The minimum Gasteiger partial charge on any atom is -0.480 e. The van der Waals surface area contributed by atoms with Crippen molar-refractivity contribution in [3.05, 3.63) is 75.8 Å². The summed E-state index contributed by atoms with van der Waals surface area (Å²) in [7, 11) is 1.69. The molecule has 8 heteroatoms. The highest BCUT2D eigenvalue weighted by atomic mass is 35.5. The average molecular weight is 475 g/mol. The van der Waals surface area contributed by atoms with Crippen molar-refractivity contribution in [3.63, 3.8) is 0 Å². The lowest BCUT2D eigenvalue weighted by molar-refractivity contribution is 0.0636. The molecule has 6 nitrogen and oxygen atoms in total. The Labute approximate surface area is 197 Å². The highest BCUT2D eigenvalue weighted by Gasteiger charge is 2.22. The molecule has 32 heavy (non-hydrogen) atoms. The molecule has 1 atom stereocenters. The van der Waals surface area contributed by atoms with Gasteiger partial charge in [-0.25, -0.2) is 9.78 Å². The van der Waals surface area contributed by atoms with Crippen LogP contribution in [0.15, 0.2) is 54.7 Å². The van der Waals surface area contributed by atoms with Gasteiger partial charge in [0.2, 0.25) is 0 Å². The highest BCUT2D eigenvalue weighted by Crippen LogP contribution is 2.34. The Morgan fingerprint density at radius 3 is 2.44 bits per heavy atom. The van der Waals surface area contributed by atoms with Gasteiger partial charge in [-0.2, -0.15) is 0 Å². The van der Waals surface area contributed by atoms with E-state index in [1.807, 2.05) is 69.3 Å². The van der Waals surface area contributed by atoms with Crippen LogP contribution in [0.25, 0.3) is 0 Å². The van der Waals surface area contributed by atoms with Gasteiger partial charge >= 0.3 is 6.09 Å². The zero-order valence-corrected chi connectivity index (χ0v) is 20.1. The van der Waals surface area contributed by atoms with Gasteiger partial charge in [0.05, 0.1) is 11.5 Å². The highest BCUT2D eigenvalue weighted by molar-refractivity contribution is 7.15. The quantitative estimate of drug-likeness (QED) is 0.403. The fraction of sp³-hybridized carbons (Fsp3) is 0.333. The molecule has 0 radical (unpaired) electrons. The zero-order chi connectivity index (χ0) is 23.1. The summed E-state index contributed by atoms with van der Waals surface area (Å²) in [4.78, 5) is 17.3. The number of halogens is 1. The molecule has 3 aromatic rings. The van der Waals surface area contributed by atoms with Gasteiger partial charge in [-0.05, 0) is 62.6 Å². The Kier molecular flexibility index (Phi) is 8.12.